The van der Waals surface area contributed by atoms with Crippen LogP contribution in [-0.4, -0.2) is 31.2 Å². The summed E-state index contributed by atoms with van der Waals surface area (Å²) in [4.78, 5) is 24.1. The molecule has 2 unspecified atom stereocenters. The van der Waals surface area contributed by atoms with Crippen LogP contribution in [0.25, 0.3) is 0 Å². The standard InChI is InChI=1S/C19H18F3NO5/c1-10(18(24)23-15-9-8-14(20)16(21)17(15)22)28-19(25)11(2)27-13-6-4-12(26-3)5-7-13/h4-11H,1-3H3,(H,23,24). The van der Waals surface area contributed by atoms with Gasteiger partial charge < -0.3 is 19.5 Å². The number of nitrogens with one attached hydrogen (secondary N) is 1. The number of anilines is 1. The van der Waals surface area contributed by atoms with Gasteiger partial charge >= 0.3 is 5.97 Å². The lowest BCUT2D eigenvalue weighted by Crippen LogP contribution is -2.35. The van der Waals surface area contributed by atoms with E-state index in [2.05, 4.69) is 0 Å². The third-order valence-corrected chi connectivity index (χ3v) is 3.66. The molecule has 0 aromatic heterocycles. The van der Waals surface area contributed by atoms with Crippen molar-refractivity contribution in [1.29, 1.82) is 0 Å². The van der Waals surface area contributed by atoms with Crippen LogP contribution in [0, 0.1) is 17.5 Å². The van der Waals surface area contributed by atoms with E-state index in [0.717, 1.165) is 6.07 Å². The summed E-state index contributed by atoms with van der Waals surface area (Å²) in [6.45, 7) is 2.66. The molecule has 2 aromatic carbocycles. The van der Waals surface area contributed by atoms with Gasteiger partial charge in [0.15, 0.2) is 29.7 Å². The van der Waals surface area contributed by atoms with Crippen LogP contribution in [0.15, 0.2) is 36.4 Å². The first-order valence-corrected chi connectivity index (χ1v) is 8.18. The lowest BCUT2D eigenvalue weighted by Gasteiger charge is -2.18. The normalized spacial score (nSPS) is 12.6. The van der Waals surface area contributed by atoms with Crippen LogP contribution in [0.4, 0.5) is 18.9 Å². The summed E-state index contributed by atoms with van der Waals surface area (Å²) in [5.74, 6) is -5.44. The van der Waals surface area contributed by atoms with Crippen molar-refractivity contribution in [3.8, 4) is 11.5 Å². The van der Waals surface area contributed by atoms with Gasteiger partial charge in [-0.05, 0) is 50.2 Å². The second kappa shape index (κ2) is 9.12. The van der Waals surface area contributed by atoms with Crippen LogP contribution in [0.2, 0.25) is 0 Å². The van der Waals surface area contributed by atoms with Gasteiger partial charge in [0.25, 0.3) is 5.91 Å². The number of methoxy groups -OCH3 is 1. The van der Waals surface area contributed by atoms with Crippen molar-refractivity contribution in [3.63, 3.8) is 0 Å². The molecule has 0 aliphatic heterocycles. The fourth-order valence-corrected chi connectivity index (χ4v) is 2.09. The van der Waals surface area contributed by atoms with Gasteiger partial charge in [0.1, 0.15) is 11.5 Å². The molecule has 9 heteroatoms. The topological polar surface area (TPSA) is 73.9 Å². The Morgan fingerprint density at radius 3 is 2.11 bits per heavy atom. The molecule has 2 aromatic rings. The van der Waals surface area contributed by atoms with Crippen LogP contribution in [0.5, 0.6) is 11.5 Å². The highest BCUT2D eigenvalue weighted by molar-refractivity contribution is 5.95. The first-order valence-electron chi connectivity index (χ1n) is 8.18. The molecule has 0 fully saturated rings. The molecule has 1 N–H and O–H groups in total. The third kappa shape index (κ3) is 5.15. The Balaban J connectivity index is 1.93. The third-order valence-electron chi connectivity index (χ3n) is 3.66. The van der Waals surface area contributed by atoms with Gasteiger partial charge in [0, 0.05) is 0 Å². The molecule has 0 saturated carbocycles. The molecule has 1 amide bonds. The van der Waals surface area contributed by atoms with Gasteiger partial charge in [-0.1, -0.05) is 0 Å². The molecule has 0 radical (unpaired) electrons. The quantitative estimate of drug-likeness (QED) is 0.572. The minimum Gasteiger partial charge on any atom is -0.497 e. The van der Waals surface area contributed by atoms with E-state index < -0.39 is 47.2 Å². The zero-order valence-electron chi connectivity index (χ0n) is 15.3. The van der Waals surface area contributed by atoms with E-state index in [1.807, 2.05) is 5.32 Å². The molecule has 0 bridgehead atoms. The van der Waals surface area contributed by atoms with Crippen molar-refractivity contribution in [2.75, 3.05) is 12.4 Å². The van der Waals surface area contributed by atoms with Crippen LogP contribution in [0.1, 0.15) is 13.8 Å². The molecule has 150 valence electrons. The van der Waals surface area contributed by atoms with Crippen molar-refractivity contribution >= 4 is 17.6 Å². The van der Waals surface area contributed by atoms with Crippen molar-refractivity contribution in [2.24, 2.45) is 0 Å². The summed E-state index contributed by atoms with van der Waals surface area (Å²) in [7, 11) is 1.51. The number of carbonyl (C=O) groups is 2. The molecule has 6 nitrogen and oxygen atoms in total. The van der Waals surface area contributed by atoms with Gasteiger partial charge in [0.05, 0.1) is 12.8 Å². The summed E-state index contributed by atoms with van der Waals surface area (Å²) in [6.07, 6.45) is -2.37. The molecule has 0 aliphatic carbocycles. The largest absolute Gasteiger partial charge is 0.497 e. The predicted molar refractivity (Wildman–Crippen MR) is 93.6 cm³/mol. The van der Waals surface area contributed by atoms with Gasteiger partial charge in [-0.25, -0.2) is 18.0 Å². The van der Waals surface area contributed by atoms with Crippen molar-refractivity contribution < 1.29 is 37.0 Å². The van der Waals surface area contributed by atoms with E-state index >= 15 is 0 Å². The van der Waals surface area contributed by atoms with Gasteiger partial charge in [0.2, 0.25) is 0 Å². The molecular weight excluding hydrogens is 379 g/mol. The van der Waals surface area contributed by atoms with Crippen LogP contribution in [-0.2, 0) is 14.3 Å². The average molecular weight is 397 g/mol. The minimum absolute atomic E-state index is 0.381. The monoisotopic (exact) mass is 397 g/mol. The maximum Gasteiger partial charge on any atom is 0.347 e. The van der Waals surface area contributed by atoms with Crippen LogP contribution < -0.4 is 14.8 Å². The first kappa shape index (κ1) is 21.1. The lowest BCUT2D eigenvalue weighted by atomic mass is 10.2. The number of esters is 1. The number of ether oxygens (including phenoxy) is 3. The van der Waals surface area contributed by atoms with Crippen molar-refractivity contribution in [1.82, 2.24) is 0 Å². The fraction of sp³-hybridized carbons (Fsp3) is 0.263. The molecule has 0 saturated heterocycles. The zero-order chi connectivity index (χ0) is 20.8. The maximum absolute atomic E-state index is 13.6. The van der Waals surface area contributed by atoms with Gasteiger partial charge in [-0.15, -0.1) is 0 Å². The van der Waals surface area contributed by atoms with E-state index in [-0.39, 0.29) is 0 Å². The SMILES string of the molecule is COc1ccc(OC(C)C(=O)OC(C)C(=O)Nc2ccc(F)c(F)c2F)cc1. The van der Waals surface area contributed by atoms with Crippen molar-refractivity contribution in [2.45, 2.75) is 26.1 Å². The number of halogens is 3. The fourth-order valence-electron chi connectivity index (χ4n) is 2.09. The van der Waals surface area contributed by atoms with E-state index in [4.69, 9.17) is 14.2 Å². The van der Waals surface area contributed by atoms with Gasteiger partial charge in [-0.2, -0.15) is 0 Å². The molecule has 0 aliphatic rings. The van der Waals surface area contributed by atoms with Crippen LogP contribution in [0.3, 0.4) is 0 Å². The van der Waals surface area contributed by atoms with Crippen LogP contribution >= 0.6 is 0 Å². The number of hydrogen-bond donors (Lipinski definition) is 1. The summed E-state index contributed by atoms with van der Waals surface area (Å²) >= 11 is 0. The molecule has 0 spiro atoms. The highest BCUT2D eigenvalue weighted by atomic mass is 19.2. The molecule has 2 atom stereocenters. The second-order valence-corrected chi connectivity index (χ2v) is 5.73. The summed E-state index contributed by atoms with van der Waals surface area (Å²) < 4.78 is 55.1. The maximum atomic E-state index is 13.6. The Hall–Kier alpha value is -3.23. The zero-order valence-corrected chi connectivity index (χ0v) is 15.3. The predicted octanol–water partition coefficient (Wildman–Crippen LogP) is 3.45. The molecule has 28 heavy (non-hydrogen) atoms. The number of benzene rings is 2. The Bertz CT molecular complexity index is 857. The Morgan fingerprint density at radius 2 is 1.50 bits per heavy atom. The highest BCUT2D eigenvalue weighted by Crippen LogP contribution is 2.21. The number of carbonyl (C=O) groups excluding carboxylic acids is 2. The van der Waals surface area contributed by atoms with Gasteiger partial charge in [-0.3, -0.25) is 4.79 Å². The number of hydrogen-bond acceptors (Lipinski definition) is 5. The first-order chi connectivity index (χ1) is 13.2. The molecular formula is C19H18F3NO5. The number of rotatable bonds is 7. The second-order valence-electron chi connectivity index (χ2n) is 5.73. The summed E-state index contributed by atoms with van der Waals surface area (Å²) in [6, 6.07) is 7.97. The lowest BCUT2D eigenvalue weighted by molar-refractivity contribution is -0.159. The Labute approximate surface area is 159 Å². The average Bonchev–Trinajstić information content (AvgIpc) is 2.68. The Kier molecular flexibility index (Phi) is 6.86. The minimum atomic E-state index is -1.72. The van der Waals surface area contributed by atoms with E-state index in [0.29, 0.717) is 17.6 Å². The molecule has 2 rings (SSSR count). The number of amides is 1. The smallest absolute Gasteiger partial charge is 0.347 e. The highest BCUT2D eigenvalue weighted by Gasteiger charge is 2.24. The van der Waals surface area contributed by atoms with E-state index in [1.54, 1.807) is 24.3 Å². The summed E-state index contributed by atoms with van der Waals surface area (Å²) in [5, 5.41) is 2.03. The van der Waals surface area contributed by atoms with E-state index in [9.17, 15) is 22.8 Å². The van der Waals surface area contributed by atoms with Crippen molar-refractivity contribution in [3.05, 3.63) is 53.8 Å². The molecule has 0 heterocycles. The van der Waals surface area contributed by atoms with E-state index in [1.165, 1.54) is 21.0 Å². The summed E-state index contributed by atoms with van der Waals surface area (Å²) in [5.41, 5.74) is -0.575. The Morgan fingerprint density at radius 1 is 0.893 bits per heavy atom.